The van der Waals surface area contributed by atoms with Crippen LogP contribution < -0.4 is 14.4 Å². The van der Waals surface area contributed by atoms with Gasteiger partial charge in [0.15, 0.2) is 6.04 Å². The van der Waals surface area contributed by atoms with Gasteiger partial charge in [0.25, 0.3) is 11.8 Å². The van der Waals surface area contributed by atoms with Crippen molar-refractivity contribution in [2.75, 3.05) is 12.0 Å². The first-order chi connectivity index (χ1) is 14.2. The summed E-state index contributed by atoms with van der Waals surface area (Å²) in [5, 5.41) is 0.570. The van der Waals surface area contributed by atoms with Crippen molar-refractivity contribution in [2.45, 2.75) is 51.9 Å². The van der Waals surface area contributed by atoms with Crippen molar-refractivity contribution in [1.29, 1.82) is 0 Å². The maximum atomic E-state index is 13.5. The molecule has 1 saturated heterocycles. The summed E-state index contributed by atoms with van der Waals surface area (Å²) in [7, 11) is 1.58. The number of halogens is 1. The Hall–Kier alpha value is -2.73. The molecule has 6 nitrogen and oxygen atoms in total. The standard InChI is InChI=1S/C23H27ClN2O4/c1-14(2)25(15(3)4)22(27)20-21(30-19-10-6-16(24)7-11-19)23(28)26(20)17-8-12-18(29-5)13-9-17/h6-15,20-21H,1-5H3/t20-,21-/m0/s1. The molecule has 2 amide bonds. The molecular weight excluding hydrogens is 404 g/mol. The zero-order chi connectivity index (χ0) is 22.0. The van der Waals surface area contributed by atoms with Gasteiger partial charge in [0.2, 0.25) is 6.10 Å². The first kappa shape index (κ1) is 22.0. The van der Waals surface area contributed by atoms with Crippen LogP contribution in [0.2, 0.25) is 5.02 Å². The van der Waals surface area contributed by atoms with Gasteiger partial charge < -0.3 is 14.4 Å². The van der Waals surface area contributed by atoms with Crippen LogP contribution in [0.4, 0.5) is 5.69 Å². The lowest BCUT2D eigenvalue weighted by Crippen LogP contribution is -2.73. The Morgan fingerprint density at radius 1 is 0.967 bits per heavy atom. The van der Waals surface area contributed by atoms with Crippen LogP contribution in [0, 0.1) is 0 Å². The molecule has 2 atom stereocenters. The largest absolute Gasteiger partial charge is 0.497 e. The minimum atomic E-state index is -0.902. The zero-order valence-electron chi connectivity index (χ0n) is 17.8. The number of nitrogens with zero attached hydrogens (tertiary/aromatic N) is 2. The molecule has 160 valence electrons. The Morgan fingerprint density at radius 2 is 1.50 bits per heavy atom. The number of hydrogen-bond acceptors (Lipinski definition) is 4. The molecule has 7 heteroatoms. The molecule has 0 spiro atoms. The van der Waals surface area contributed by atoms with Crippen molar-refractivity contribution in [3.63, 3.8) is 0 Å². The van der Waals surface area contributed by atoms with Gasteiger partial charge in [0.05, 0.1) is 7.11 Å². The summed E-state index contributed by atoms with van der Waals surface area (Å²) < 4.78 is 11.1. The average molecular weight is 431 g/mol. The average Bonchev–Trinajstić information content (AvgIpc) is 2.70. The number of carbonyl (C=O) groups is 2. The number of methoxy groups -OCH3 is 1. The molecule has 0 bridgehead atoms. The number of rotatable bonds is 7. The van der Waals surface area contributed by atoms with Gasteiger partial charge in [-0.25, -0.2) is 0 Å². The highest BCUT2D eigenvalue weighted by Crippen LogP contribution is 2.34. The summed E-state index contributed by atoms with van der Waals surface area (Å²) >= 11 is 5.94. The van der Waals surface area contributed by atoms with Crippen molar-refractivity contribution < 1.29 is 19.1 Å². The van der Waals surface area contributed by atoms with Crippen LogP contribution in [0.25, 0.3) is 0 Å². The van der Waals surface area contributed by atoms with Gasteiger partial charge in [-0.1, -0.05) is 11.6 Å². The summed E-state index contributed by atoms with van der Waals surface area (Å²) in [6.45, 7) is 7.85. The van der Waals surface area contributed by atoms with Gasteiger partial charge in [-0.15, -0.1) is 0 Å². The van der Waals surface area contributed by atoms with E-state index in [4.69, 9.17) is 21.1 Å². The predicted molar refractivity (Wildman–Crippen MR) is 117 cm³/mol. The van der Waals surface area contributed by atoms with Crippen LogP contribution in [0.5, 0.6) is 11.5 Å². The molecule has 1 fully saturated rings. The SMILES string of the molecule is COc1ccc(N2C(=O)[C@@H](Oc3ccc(Cl)cc3)[C@H]2C(=O)N(C(C)C)C(C)C)cc1. The lowest BCUT2D eigenvalue weighted by Gasteiger charge is -2.48. The molecule has 3 rings (SSSR count). The van der Waals surface area contributed by atoms with E-state index in [2.05, 4.69) is 0 Å². The first-order valence-corrected chi connectivity index (χ1v) is 10.3. The normalized spacial score (nSPS) is 18.4. The molecule has 1 aliphatic heterocycles. The van der Waals surface area contributed by atoms with Gasteiger partial charge in [-0.2, -0.15) is 0 Å². The van der Waals surface area contributed by atoms with Crippen LogP contribution >= 0.6 is 11.6 Å². The third-order valence-electron chi connectivity index (χ3n) is 5.09. The summed E-state index contributed by atoms with van der Waals surface area (Å²) in [5.74, 6) is 0.760. The predicted octanol–water partition coefficient (Wildman–Crippen LogP) is 4.16. The van der Waals surface area contributed by atoms with E-state index in [1.54, 1.807) is 60.5 Å². The molecule has 0 aromatic heterocycles. The molecule has 0 saturated carbocycles. The maximum absolute atomic E-state index is 13.5. The topological polar surface area (TPSA) is 59.1 Å². The fourth-order valence-corrected chi connectivity index (χ4v) is 3.89. The second-order valence-electron chi connectivity index (χ2n) is 7.78. The van der Waals surface area contributed by atoms with Crippen molar-refractivity contribution in [1.82, 2.24) is 4.90 Å². The molecule has 2 aromatic rings. The van der Waals surface area contributed by atoms with E-state index in [0.29, 0.717) is 22.2 Å². The smallest absolute Gasteiger partial charge is 0.271 e. The lowest BCUT2D eigenvalue weighted by atomic mass is 9.93. The van der Waals surface area contributed by atoms with E-state index >= 15 is 0 Å². The number of carbonyl (C=O) groups excluding carboxylic acids is 2. The number of benzene rings is 2. The van der Waals surface area contributed by atoms with Gasteiger partial charge in [0, 0.05) is 22.8 Å². The van der Waals surface area contributed by atoms with Crippen molar-refractivity contribution >= 4 is 29.1 Å². The molecule has 30 heavy (non-hydrogen) atoms. The van der Waals surface area contributed by atoms with Gasteiger partial charge >= 0.3 is 0 Å². The van der Waals surface area contributed by atoms with E-state index in [0.717, 1.165) is 0 Å². The van der Waals surface area contributed by atoms with E-state index in [9.17, 15) is 9.59 Å². The second-order valence-corrected chi connectivity index (χ2v) is 8.21. The van der Waals surface area contributed by atoms with E-state index in [-0.39, 0.29) is 23.9 Å². The van der Waals surface area contributed by atoms with E-state index in [1.807, 2.05) is 27.7 Å². The maximum Gasteiger partial charge on any atom is 0.271 e. The van der Waals surface area contributed by atoms with Crippen LogP contribution in [-0.2, 0) is 9.59 Å². The van der Waals surface area contributed by atoms with Crippen LogP contribution in [0.3, 0.4) is 0 Å². The highest BCUT2D eigenvalue weighted by Gasteiger charge is 2.55. The van der Waals surface area contributed by atoms with Crippen molar-refractivity contribution in [3.05, 3.63) is 53.6 Å². The number of β-lactam (4-membered cyclic amide) rings is 1. The molecule has 0 unspecified atom stereocenters. The third-order valence-corrected chi connectivity index (χ3v) is 5.35. The molecule has 0 N–H and O–H groups in total. The summed E-state index contributed by atoms with van der Waals surface area (Å²) in [6, 6.07) is 13.0. The molecule has 1 aliphatic rings. The number of hydrogen-bond donors (Lipinski definition) is 0. The third kappa shape index (κ3) is 4.24. The fraction of sp³-hybridized carbons (Fsp3) is 0.391. The summed E-state index contributed by atoms with van der Waals surface area (Å²) in [6.07, 6.45) is -0.902. The van der Waals surface area contributed by atoms with E-state index < -0.39 is 12.1 Å². The Balaban J connectivity index is 1.94. The highest BCUT2D eigenvalue weighted by molar-refractivity contribution is 6.30. The van der Waals surface area contributed by atoms with Gasteiger partial charge in [-0.3, -0.25) is 14.5 Å². The summed E-state index contributed by atoms with van der Waals surface area (Å²) in [4.78, 5) is 29.8. The Bertz CT molecular complexity index is 888. The fourth-order valence-electron chi connectivity index (χ4n) is 3.77. The minimum Gasteiger partial charge on any atom is -0.497 e. The molecule has 0 radical (unpaired) electrons. The molecule has 1 heterocycles. The summed E-state index contributed by atoms with van der Waals surface area (Å²) in [5.41, 5.74) is 0.627. The van der Waals surface area contributed by atoms with Crippen molar-refractivity contribution in [3.8, 4) is 11.5 Å². The molecule has 2 aromatic carbocycles. The number of anilines is 1. The zero-order valence-corrected chi connectivity index (χ0v) is 18.6. The second kappa shape index (κ2) is 8.96. The number of amides is 2. The van der Waals surface area contributed by atoms with Crippen molar-refractivity contribution in [2.24, 2.45) is 0 Å². The minimum absolute atomic E-state index is 0.0119. The highest BCUT2D eigenvalue weighted by atomic mass is 35.5. The number of ether oxygens (including phenoxy) is 2. The Morgan fingerprint density at radius 3 is 2.00 bits per heavy atom. The van der Waals surface area contributed by atoms with Crippen LogP contribution in [0.1, 0.15) is 27.7 Å². The Labute approximate surface area is 182 Å². The van der Waals surface area contributed by atoms with Crippen LogP contribution in [0.15, 0.2) is 48.5 Å². The van der Waals surface area contributed by atoms with Gasteiger partial charge in [-0.05, 0) is 76.2 Å². The van der Waals surface area contributed by atoms with Crippen LogP contribution in [-0.4, -0.2) is 48.1 Å². The van der Waals surface area contributed by atoms with Gasteiger partial charge in [0.1, 0.15) is 11.5 Å². The molecule has 0 aliphatic carbocycles. The first-order valence-electron chi connectivity index (χ1n) is 9.96. The Kier molecular flexibility index (Phi) is 6.56. The monoisotopic (exact) mass is 430 g/mol. The molecular formula is C23H27ClN2O4. The quantitative estimate of drug-likeness (QED) is 0.619. The van der Waals surface area contributed by atoms with E-state index in [1.165, 1.54) is 4.90 Å². The lowest BCUT2D eigenvalue weighted by molar-refractivity contribution is -0.150.